The van der Waals surface area contributed by atoms with Gasteiger partial charge in [-0.2, -0.15) is 0 Å². The summed E-state index contributed by atoms with van der Waals surface area (Å²) in [5, 5.41) is 10.5. The second-order valence-electron chi connectivity index (χ2n) is 4.16. The molecule has 0 aromatic heterocycles. The van der Waals surface area contributed by atoms with Crippen molar-refractivity contribution in [3.8, 4) is 0 Å². The molecule has 0 aliphatic carbocycles. The van der Waals surface area contributed by atoms with E-state index in [9.17, 15) is 0 Å². The molecule has 0 saturated carbocycles. The molecular weight excluding hydrogens is 186 g/mol. The Balaban J connectivity index is 1.89. The van der Waals surface area contributed by atoms with Gasteiger partial charge in [-0.25, -0.2) is 0 Å². The van der Waals surface area contributed by atoms with Crippen LogP contribution in [0.5, 0.6) is 0 Å². The van der Waals surface area contributed by atoms with Crippen LogP contribution in [0.4, 0.5) is 5.69 Å². The standard InChI is InChI=1S/C12H17N3/c1-11-7-9-15(10-8-11)14-13-12-5-3-2-4-6-12/h2-6,11H,7-10H2,1H3. The lowest BCUT2D eigenvalue weighted by Crippen LogP contribution is -2.27. The second-order valence-corrected chi connectivity index (χ2v) is 4.16. The van der Waals surface area contributed by atoms with Crippen molar-refractivity contribution in [2.75, 3.05) is 13.1 Å². The first kappa shape index (κ1) is 10.1. The molecule has 0 atom stereocenters. The average molecular weight is 203 g/mol. The second kappa shape index (κ2) is 4.91. The summed E-state index contributed by atoms with van der Waals surface area (Å²) in [5.41, 5.74) is 0.927. The first-order valence-electron chi connectivity index (χ1n) is 5.56. The Kier molecular flexibility index (Phi) is 3.33. The summed E-state index contributed by atoms with van der Waals surface area (Å²) in [5.74, 6) is 0.841. The highest BCUT2D eigenvalue weighted by atomic mass is 15.5. The number of hydrogen-bond donors (Lipinski definition) is 0. The molecule has 0 radical (unpaired) electrons. The number of rotatable bonds is 2. The van der Waals surface area contributed by atoms with Crippen molar-refractivity contribution in [1.82, 2.24) is 5.01 Å². The van der Waals surface area contributed by atoms with E-state index in [1.54, 1.807) is 0 Å². The molecule has 1 aromatic carbocycles. The van der Waals surface area contributed by atoms with Crippen LogP contribution in [0, 0.1) is 5.92 Å². The van der Waals surface area contributed by atoms with E-state index in [1.165, 1.54) is 12.8 Å². The molecule has 15 heavy (non-hydrogen) atoms. The van der Waals surface area contributed by atoms with E-state index >= 15 is 0 Å². The van der Waals surface area contributed by atoms with Gasteiger partial charge in [-0.3, -0.25) is 5.01 Å². The van der Waals surface area contributed by atoms with Crippen LogP contribution >= 0.6 is 0 Å². The highest BCUT2D eigenvalue weighted by Gasteiger charge is 2.13. The first-order chi connectivity index (χ1) is 7.34. The van der Waals surface area contributed by atoms with E-state index < -0.39 is 0 Å². The summed E-state index contributed by atoms with van der Waals surface area (Å²) in [7, 11) is 0. The van der Waals surface area contributed by atoms with Gasteiger partial charge < -0.3 is 0 Å². The molecule has 0 bridgehead atoms. The smallest absolute Gasteiger partial charge is 0.0874 e. The molecule has 0 unspecified atom stereocenters. The fraction of sp³-hybridized carbons (Fsp3) is 0.500. The van der Waals surface area contributed by atoms with Crippen LogP contribution < -0.4 is 0 Å². The van der Waals surface area contributed by atoms with Crippen LogP contribution in [0.15, 0.2) is 40.7 Å². The molecule has 1 aliphatic heterocycles. The molecule has 1 saturated heterocycles. The largest absolute Gasteiger partial charge is 0.278 e. The molecule has 3 heteroatoms. The maximum Gasteiger partial charge on any atom is 0.0874 e. The minimum atomic E-state index is 0.841. The minimum Gasteiger partial charge on any atom is -0.278 e. The lowest BCUT2D eigenvalue weighted by atomic mass is 10.0. The van der Waals surface area contributed by atoms with Crippen LogP contribution in [-0.4, -0.2) is 18.1 Å². The zero-order valence-corrected chi connectivity index (χ0v) is 9.13. The molecule has 1 aromatic rings. The van der Waals surface area contributed by atoms with Crippen molar-refractivity contribution in [3.63, 3.8) is 0 Å². The van der Waals surface area contributed by atoms with Crippen LogP contribution in [-0.2, 0) is 0 Å². The molecule has 0 amide bonds. The number of nitrogens with zero attached hydrogens (tertiary/aromatic N) is 3. The molecule has 2 rings (SSSR count). The summed E-state index contributed by atoms with van der Waals surface area (Å²) >= 11 is 0. The van der Waals surface area contributed by atoms with Crippen molar-refractivity contribution in [2.24, 2.45) is 16.3 Å². The SMILES string of the molecule is CC1CCN(N=Nc2ccccc2)CC1. The Morgan fingerprint density at radius 2 is 1.80 bits per heavy atom. The lowest BCUT2D eigenvalue weighted by Gasteiger charge is -2.26. The summed E-state index contributed by atoms with van der Waals surface area (Å²) in [6.45, 7) is 4.38. The monoisotopic (exact) mass is 203 g/mol. The van der Waals surface area contributed by atoms with Gasteiger partial charge in [0.15, 0.2) is 0 Å². The van der Waals surface area contributed by atoms with E-state index in [2.05, 4.69) is 22.3 Å². The zero-order valence-electron chi connectivity index (χ0n) is 9.13. The Morgan fingerprint density at radius 3 is 2.47 bits per heavy atom. The van der Waals surface area contributed by atoms with Gasteiger partial charge in [-0.15, -0.1) is 5.11 Å². The Hall–Kier alpha value is -1.38. The van der Waals surface area contributed by atoms with E-state index in [0.717, 1.165) is 24.7 Å². The van der Waals surface area contributed by atoms with Gasteiger partial charge in [0.25, 0.3) is 0 Å². The van der Waals surface area contributed by atoms with Crippen molar-refractivity contribution >= 4 is 5.69 Å². The normalized spacial score (nSPS) is 18.6. The summed E-state index contributed by atoms with van der Waals surface area (Å²) in [6, 6.07) is 9.88. The quantitative estimate of drug-likeness (QED) is 0.677. The van der Waals surface area contributed by atoms with Crippen molar-refractivity contribution in [2.45, 2.75) is 19.8 Å². The third-order valence-electron chi connectivity index (χ3n) is 2.80. The van der Waals surface area contributed by atoms with E-state index in [0.29, 0.717) is 0 Å². The maximum absolute atomic E-state index is 4.25. The highest BCUT2D eigenvalue weighted by molar-refractivity contribution is 5.34. The summed E-state index contributed by atoms with van der Waals surface area (Å²) < 4.78 is 0. The Morgan fingerprint density at radius 1 is 1.13 bits per heavy atom. The van der Waals surface area contributed by atoms with Crippen molar-refractivity contribution < 1.29 is 0 Å². The average Bonchev–Trinajstić information content (AvgIpc) is 2.30. The number of piperidine rings is 1. The maximum atomic E-state index is 4.25. The summed E-state index contributed by atoms with van der Waals surface area (Å²) in [6.07, 6.45) is 2.46. The summed E-state index contributed by atoms with van der Waals surface area (Å²) in [4.78, 5) is 0. The third-order valence-corrected chi connectivity index (χ3v) is 2.80. The van der Waals surface area contributed by atoms with Gasteiger partial charge in [0, 0.05) is 13.1 Å². The van der Waals surface area contributed by atoms with Crippen LogP contribution in [0.25, 0.3) is 0 Å². The molecule has 1 fully saturated rings. The highest BCUT2D eigenvalue weighted by Crippen LogP contribution is 2.17. The van der Waals surface area contributed by atoms with Gasteiger partial charge in [0.1, 0.15) is 0 Å². The molecular formula is C12H17N3. The Bertz CT molecular complexity index is 313. The molecule has 3 nitrogen and oxygen atoms in total. The fourth-order valence-corrected chi connectivity index (χ4v) is 1.69. The van der Waals surface area contributed by atoms with Crippen LogP contribution in [0.1, 0.15) is 19.8 Å². The van der Waals surface area contributed by atoms with Gasteiger partial charge in [0.2, 0.25) is 0 Å². The lowest BCUT2D eigenvalue weighted by molar-refractivity contribution is 0.188. The van der Waals surface area contributed by atoms with E-state index in [1.807, 2.05) is 30.3 Å². The molecule has 80 valence electrons. The molecule has 1 aliphatic rings. The van der Waals surface area contributed by atoms with E-state index in [-0.39, 0.29) is 0 Å². The van der Waals surface area contributed by atoms with Gasteiger partial charge >= 0.3 is 0 Å². The number of benzene rings is 1. The molecule has 0 N–H and O–H groups in total. The van der Waals surface area contributed by atoms with Crippen molar-refractivity contribution in [3.05, 3.63) is 30.3 Å². The Labute approximate surface area is 90.8 Å². The van der Waals surface area contributed by atoms with Crippen LogP contribution in [0.2, 0.25) is 0 Å². The molecule has 1 heterocycles. The van der Waals surface area contributed by atoms with Crippen LogP contribution in [0.3, 0.4) is 0 Å². The van der Waals surface area contributed by atoms with E-state index in [4.69, 9.17) is 0 Å². The van der Waals surface area contributed by atoms with Gasteiger partial charge in [-0.1, -0.05) is 30.3 Å². The molecule has 0 spiro atoms. The first-order valence-corrected chi connectivity index (χ1v) is 5.56. The fourth-order valence-electron chi connectivity index (χ4n) is 1.69. The number of hydrogen-bond acceptors (Lipinski definition) is 2. The topological polar surface area (TPSA) is 28.0 Å². The zero-order chi connectivity index (χ0) is 10.5. The van der Waals surface area contributed by atoms with Gasteiger partial charge in [-0.05, 0) is 30.9 Å². The van der Waals surface area contributed by atoms with Gasteiger partial charge in [0.05, 0.1) is 5.69 Å². The third kappa shape index (κ3) is 3.05. The predicted molar refractivity (Wildman–Crippen MR) is 60.9 cm³/mol. The van der Waals surface area contributed by atoms with Crippen molar-refractivity contribution in [1.29, 1.82) is 0 Å². The minimum absolute atomic E-state index is 0.841. The predicted octanol–water partition coefficient (Wildman–Crippen LogP) is 3.42.